The van der Waals surface area contributed by atoms with Crippen LogP contribution in [0.15, 0.2) is 35.5 Å². The van der Waals surface area contributed by atoms with E-state index in [2.05, 4.69) is 14.7 Å². The van der Waals surface area contributed by atoms with Crippen LogP contribution in [0.3, 0.4) is 0 Å². The molecule has 21 heavy (non-hydrogen) atoms. The Labute approximate surface area is 132 Å². The van der Waals surface area contributed by atoms with E-state index in [1.165, 1.54) is 12.1 Å². The molecular weight excluding hydrogens is 337 g/mol. The van der Waals surface area contributed by atoms with Gasteiger partial charge in [-0.3, -0.25) is 4.72 Å². The Kier molecular flexibility index (Phi) is 4.87. The number of sulfonamides is 1. The Morgan fingerprint density at radius 3 is 2.48 bits per heavy atom. The van der Waals surface area contributed by atoms with Crippen molar-refractivity contribution in [3.05, 3.63) is 40.8 Å². The molecule has 2 aromatic rings. The highest BCUT2D eigenvalue weighted by molar-refractivity contribution is 7.92. The second kappa shape index (κ2) is 6.46. The average Bonchev–Trinajstić information content (AvgIpc) is 2.45. The molecule has 1 N–H and O–H groups in total. The van der Waals surface area contributed by atoms with Gasteiger partial charge in [0, 0.05) is 0 Å². The van der Waals surface area contributed by atoms with Gasteiger partial charge in [0.05, 0.1) is 11.5 Å². The molecule has 0 aliphatic rings. The SMILES string of the molecule is CCOc1ccc(S(=O)(=O)Nc2ncnc(Cl)c2Cl)cc1. The number of rotatable bonds is 5. The summed E-state index contributed by atoms with van der Waals surface area (Å²) in [6, 6.07) is 5.97. The molecule has 0 amide bonds. The highest BCUT2D eigenvalue weighted by Gasteiger charge is 2.18. The first-order chi connectivity index (χ1) is 9.94. The third-order valence-corrected chi connectivity index (χ3v) is 4.52. The Morgan fingerprint density at radius 1 is 1.19 bits per heavy atom. The Bertz CT molecular complexity index is 736. The van der Waals surface area contributed by atoms with Crippen LogP contribution < -0.4 is 9.46 Å². The first-order valence-electron chi connectivity index (χ1n) is 5.85. The van der Waals surface area contributed by atoms with E-state index < -0.39 is 10.0 Å². The van der Waals surface area contributed by atoms with Crippen LogP contribution in [0.5, 0.6) is 5.75 Å². The van der Waals surface area contributed by atoms with Gasteiger partial charge in [-0.15, -0.1) is 0 Å². The van der Waals surface area contributed by atoms with Crippen molar-refractivity contribution in [2.24, 2.45) is 0 Å². The van der Waals surface area contributed by atoms with Crippen molar-refractivity contribution in [2.75, 3.05) is 11.3 Å². The summed E-state index contributed by atoms with van der Waals surface area (Å²) in [6.07, 6.45) is 1.12. The fraction of sp³-hybridized carbons (Fsp3) is 0.167. The second-order valence-corrected chi connectivity index (χ2v) is 6.26. The van der Waals surface area contributed by atoms with Crippen LogP contribution in [0.25, 0.3) is 0 Å². The van der Waals surface area contributed by atoms with E-state index in [-0.39, 0.29) is 20.9 Å². The lowest BCUT2D eigenvalue weighted by atomic mass is 10.3. The lowest BCUT2D eigenvalue weighted by Gasteiger charge is -2.09. The molecule has 0 atom stereocenters. The molecule has 1 aromatic heterocycles. The third kappa shape index (κ3) is 3.75. The van der Waals surface area contributed by atoms with E-state index in [4.69, 9.17) is 27.9 Å². The fourth-order valence-electron chi connectivity index (χ4n) is 1.49. The van der Waals surface area contributed by atoms with Gasteiger partial charge in [-0.1, -0.05) is 23.2 Å². The van der Waals surface area contributed by atoms with Gasteiger partial charge < -0.3 is 4.74 Å². The molecule has 0 fully saturated rings. The van der Waals surface area contributed by atoms with Crippen molar-refractivity contribution < 1.29 is 13.2 Å². The van der Waals surface area contributed by atoms with E-state index >= 15 is 0 Å². The Hall–Kier alpha value is -1.57. The van der Waals surface area contributed by atoms with Gasteiger partial charge in [0.15, 0.2) is 11.0 Å². The van der Waals surface area contributed by atoms with Crippen LogP contribution >= 0.6 is 23.2 Å². The maximum absolute atomic E-state index is 12.2. The first kappa shape index (κ1) is 15.8. The van der Waals surface area contributed by atoms with Gasteiger partial charge in [0.1, 0.15) is 17.1 Å². The van der Waals surface area contributed by atoms with Crippen LogP contribution in [0, 0.1) is 0 Å². The van der Waals surface area contributed by atoms with Crippen molar-refractivity contribution in [1.29, 1.82) is 0 Å². The molecule has 0 bridgehead atoms. The molecule has 0 saturated carbocycles. The summed E-state index contributed by atoms with van der Waals surface area (Å²) < 4.78 is 32.0. The van der Waals surface area contributed by atoms with E-state index in [0.29, 0.717) is 12.4 Å². The molecule has 1 aromatic carbocycles. The predicted molar refractivity (Wildman–Crippen MR) is 80.5 cm³/mol. The van der Waals surface area contributed by atoms with Gasteiger partial charge >= 0.3 is 0 Å². The van der Waals surface area contributed by atoms with E-state index in [9.17, 15) is 8.42 Å². The zero-order valence-corrected chi connectivity index (χ0v) is 13.2. The molecule has 0 aliphatic heterocycles. The minimum Gasteiger partial charge on any atom is -0.494 e. The minimum absolute atomic E-state index is 0.0314. The Morgan fingerprint density at radius 2 is 1.86 bits per heavy atom. The summed E-state index contributed by atoms with van der Waals surface area (Å²) in [7, 11) is -3.82. The number of anilines is 1. The highest BCUT2D eigenvalue weighted by Crippen LogP contribution is 2.27. The summed E-state index contributed by atoms with van der Waals surface area (Å²) in [4.78, 5) is 7.45. The van der Waals surface area contributed by atoms with Crippen molar-refractivity contribution >= 4 is 39.0 Å². The van der Waals surface area contributed by atoms with Gasteiger partial charge in [-0.25, -0.2) is 18.4 Å². The summed E-state index contributed by atoms with van der Waals surface area (Å²) in [5.41, 5.74) is 0. The number of nitrogens with zero attached hydrogens (tertiary/aromatic N) is 2. The molecule has 9 heteroatoms. The predicted octanol–water partition coefficient (Wildman–Crippen LogP) is 2.98. The molecule has 0 unspecified atom stereocenters. The van der Waals surface area contributed by atoms with Crippen molar-refractivity contribution in [2.45, 2.75) is 11.8 Å². The summed E-state index contributed by atoms with van der Waals surface area (Å²) in [5.74, 6) is 0.505. The molecule has 0 saturated heterocycles. The quantitative estimate of drug-likeness (QED) is 0.840. The number of hydrogen-bond acceptors (Lipinski definition) is 5. The van der Waals surface area contributed by atoms with Crippen molar-refractivity contribution in [3.8, 4) is 5.75 Å². The monoisotopic (exact) mass is 347 g/mol. The van der Waals surface area contributed by atoms with Crippen molar-refractivity contribution in [1.82, 2.24) is 9.97 Å². The molecule has 112 valence electrons. The molecule has 0 aliphatic carbocycles. The maximum Gasteiger partial charge on any atom is 0.263 e. The molecule has 2 rings (SSSR count). The van der Waals surface area contributed by atoms with Crippen LogP contribution in [-0.4, -0.2) is 25.0 Å². The molecule has 6 nitrogen and oxygen atoms in total. The normalized spacial score (nSPS) is 11.2. The van der Waals surface area contributed by atoms with Crippen LogP contribution in [-0.2, 0) is 10.0 Å². The largest absolute Gasteiger partial charge is 0.494 e. The number of benzene rings is 1. The lowest BCUT2D eigenvalue weighted by molar-refractivity contribution is 0.340. The third-order valence-electron chi connectivity index (χ3n) is 2.42. The molecular formula is C12H11Cl2N3O3S. The number of hydrogen-bond donors (Lipinski definition) is 1. The standard InChI is InChI=1S/C12H11Cl2N3O3S/c1-2-20-8-3-5-9(6-4-8)21(18,19)17-12-10(13)11(14)15-7-16-12/h3-7H,2H2,1H3,(H,15,16,17). The zero-order chi connectivity index (χ0) is 15.5. The maximum atomic E-state index is 12.2. The van der Waals surface area contributed by atoms with Crippen LogP contribution in [0.1, 0.15) is 6.92 Å². The summed E-state index contributed by atoms with van der Waals surface area (Å²) in [5, 5.41) is -0.0928. The zero-order valence-electron chi connectivity index (χ0n) is 10.9. The summed E-state index contributed by atoms with van der Waals surface area (Å²) in [6.45, 7) is 2.34. The van der Waals surface area contributed by atoms with Gasteiger partial charge in [-0.2, -0.15) is 0 Å². The van der Waals surface area contributed by atoms with E-state index in [1.54, 1.807) is 12.1 Å². The van der Waals surface area contributed by atoms with Gasteiger partial charge in [0.2, 0.25) is 0 Å². The molecule has 0 spiro atoms. The summed E-state index contributed by atoms with van der Waals surface area (Å²) >= 11 is 11.6. The average molecular weight is 348 g/mol. The number of halogens is 2. The molecule has 0 radical (unpaired) electrons. The smallest absolute Gasteiger partial charge is 0.263 e. The lowest BCUT2D eigenvalue weighted by Crippen LogP contribution is -2.14. The first-order valence-corrected chi connectivity index (χ1v) is 8.09. The second-order valence-electron chi connectivity index (χ2n) is 3.84. The number of nitrogens with one attached hydrogen (secondary N) is 1. The van der Waals surface area contributed by atoms with Crippen LogP contribution in [0.2, 0.25) is 10.2 Å². The van der Waals surface area contributed by atoms with E-state index in [0.717, 1.165) is 6.33 Å². The van der Waals surface area contributed by atoms with Gasteiger partial charge in [-0.05, 0) is 31.2 Å². The van der Waals surface area contributed by atoms with Crippen molar-refractivity contribution in [3.63, 3.8) is 0 Å². The number of ether oxygens (including phenoxy) is 1. The fourth-order valence-corrected chi connectivity index (χ4v) is 2.84. The molecule has 1 heterocycles. The Balaban J connectivity index is 2.27. The highest BCUT2D eigenvalue weighted by atomic mass is 35.5. The van der Waals surface area contributed by atoms with Crippen LogP contribution in [0.4, 0.5) is 5.82 Å². The number of aromatic nitrogens is 2. The minimum atomic E-state index is -3.82. The van der Waals surface area contributed by atoms with E-state index in [1.807, 2.05) is 6.92 Å². The topological polar surface area (TPSA) is 81.2 Å². The van der Waals surface area contributed by atoms with Gasteiger partial charge in [0.25, 0.3) is 10.0 Å².